The molecule has 0 aliphatic carbocycles. The normalized spacial score (nSPS) is 12.1. The third-order valence-corrected chi connectivity index (χ3v) is 7.97. The second-order valence-electron chi connectivity index (χ2n) is 7.91. The molecule has 0 saturated heterocycles. The van der Waals surface area contributed by atoms with E-state index in [1.165, 1.54) is 24.4 Å². The van der Waals surface area contributed by atoms with Crippen molar-refractivity contribution in [3.05, 3.63) is 70.5 Å². The Morgan fingerprint density at radius 3 is 2.51 bits per heavy atom. The highest BCUT2D eigenvalue weighted by Gasteiger charge is 2.27. The van der Waals surface area contributed by atoms with Gasteiger partial charge in [-0.3, -0.25) is 14.6 Å². The van der Waals surface area contributed by atoms with E-state index in [2.05, 4.69) is 15.2 Å². The number of hydrogen-bond donors (Lipinski definition) is 3. The Bertz CT molecular complexity index is 1780. The molecule has 2 aromatic carbocycles. The van der Waals surface area contributed by atoms with E-state index >= 15 is 4.39 Å². The van der Waals surface area contributed by atoms with Crippen LogP contribution in [0.3, 0.4) is 0 Å². The molecule has 0 aliphatic rings. The summed E-state index contributed by atoms with van der Waals surface area (Å²) in [7, 11) is -7.91. The Labute approximate surface area is 215 Å². The van der Waals surface area contributed by atoms with Gasteiger partial charge < -0.3 is 0 Å². The summed E-state index contributed by atoms with van der Waals surface area (Å²) in [4.78, 5) is 17.1. The molecule has 0 saturated carbocycles. The van der Waals surface area contributed by atoms with Gasteiger partial charge in [0, 0.05) is 22.3 Å². The van der Waals surface area contributed by atoms with Crippen LogP contribution in [0.2, 0.25) is 5.02 Å². The molecule has 0 atom stereocenters. The fourth-order valence-corrected chi connectivity index (χ4v) is 5.61. The first-order valence-corrected chi connectivity index (χ1v) is 14.1. The van der Waals surface area contributed by atoms with Gasteiger partial charge in [-0.2, -0.15) is 5.10 Å². The number of ketones is 1. The standard InChI is InChI=1S/C22H18ClF2N5O5S2/c1-2-7-36(32,33)30-17-6-5-16(24)18(19(17)25)21(31)20-14-8-11(10-27-22(14)29-28-20)13-4-3-12(9-15(13)23)37(26,34)35/h3-6,8-10,30H,2,7H2,1H3,(H2,26,34,35)(H,27,28,29). The first-order chi connectivity index (χ1) is 17.3. The van der Waals surface area contributed by atoms with Crippen molar-refractivity contribution in [1.82, 2.24) is 15.2 Å². The summed E-state index contributed by atoms with van der Waals surface area (Å²) < 4.78 is 79.1. The van der Waals surface area contributed by atoms with Gasteiger partial charge in [0.15, 0.2) is 11.5 Å². The number of H-pyrrole nitrogens is 1. The lowest BCUT2D eigenvalue weighted by Crippen LogP contribution is -2.18. The van der Waals surface area contributed by atoms with Crippen molar-refractivity contribution < 1.29 is 30.4 Å². The molecule has 0 fully saturated rings. The van der Waals surface area contributed by atoms with Gasteiger partial charge in [-0.1, -0.05) is 24.6 Å². The van der Waals surface area contributed by atoms with E-state index in [0.717, 1.165) is 18.2 Å². The average molecular weight is 570 g/mol. The Balaban J connectivity index is 1.79. The van der Waals surface area contributed by atoms with E-state index in [1.807, 2.05) is 4.72 Å². The van der Waals surface area contributed by atoms with Crippen LogP contribution in [0, 0.1) is 11.6 Å². The molecule has 10 nitrogen and oxygen atoms in total. The molecule has 2 heterocycles. The summed E-state index contributed by atoms with van der Waals surface area (Å²) in [6.07, 6.45) is 1.62. The molecular weight excluding hydrogens is 552 g/mol. The van der Waals surface area contributed by atoms with E-state index in [-0.39, 0.29) is 38.8 Å². The van der Waals surface area contributed by atoms with Crippen molar-refractivity contribution in [2.75, 3.05) is 10.5 Å². The van der Waals surface area contributed by atoms with Gasteiger partial charge in [-0.25, -0.2) is 35.7 Å². The average Bonchev–Trinajstić information content (AvgIpc) is 3.23. The highest BCUT2D eigenvalue weighted by Crippen LogP contribution is 2.32. The number of carbonyl (C=O) groups excluding carboxylic acids is 1. The van der Waals surface area contributed by atoms with Crippen LogP contribution in [-0.2, 0) is 20.0 Å². The molecule has 0 radical (unpaired) electrons. The number of fused-ring (bicyclic) bond motifs is 1. The van der Waals surface area contributed by atoms with Crippen molar-refractivity contribution in [1.29, 1.82) is 0 Å². The minimum absolute atomic E-state index is 0.0215. The van der Waals surface area contributed by atoms with Gasteiger partial charge in [0.1, 0.15) is 11.5 Å². The number of pyridine rings is 1. The minimum Gasteiger partial charge on any atom is -0.287 e. The zero-order valence-electron chi connectivity index (χ0n) is 18.9. The van der Waals surface area contributed by atoms with Crippen LogP contribution in [0.15, 0.2) is 47.5 Å². The number of hydrogen-bond acceptors (Lipinski definition) is 7. The van der Waals surface area contributed by atoms with Crippen LogP contribution >= 0.6 is 11.6 Å². The second-order valence-corrected chi connectivity index (χ2v) is 11.7. The maximum absolute atomic E-state index is 15.2. The number of nitrogens with one attached hydrogen (secondary N) is 2. The summed E-state index contributed by atoms with van der Waals surface area (Å²) >= 11 is 6.23. The second kappa shape index (κ2) is 9.78. The number of sulfonamides is 2. The van der Waals surface area contributed by atoms with E-state index in [0.29, 0.717) is 11.1 Å². The predicted octanol–water partition coefficient (Wildman–Crippen LogP) is 3.59. The Kier molecular flexibility index (Phi) is 7.03. The van der Waals surface area contributed by atoms with Crippen molar-refractivity contribution >= 4 is 54.2 Å². The quantitative estimate of drug-likeness (QED) is 0.273. The molecule has 4 aromatic rings. The number of rotatable bonds is 8. The first-order valence-electron chi connectivity index (χ1n) is 10.5. The smallest absolute Gasteiger partial charge is 0.238 e. The van der Waals surface area contributed by atoms with Gasteiger partial charge in [-0.15, -0.1) is 0 Å². The van der Waals surface area contributed by atoms with Crippen LogP contribution in [0.4, 0.5) is 14.5 Å². The van der Waals surface area contributed by atoms with Gasteiger partial charge in [-0.05, 0) is 36.8 Å². The van der Waals surface area contributed by atoms with Crippen LogP contribution < -0.4 is 9.86 Å². The molecule has 0 amide bonds. The SMILES string of the molecule is CCCS(=O)(=O)Nc1ccc(F)c(C(=O)c2[nH]nc3ncc(-c4ccc(S(N)(=O)=O)cc4Cl)cc23)c1F. The van der Waals surface area contributed by atoms with Crippen molar-refractivity contribution in [3.8, 4) is 11.1 Å². The Hall–Kier alpha value is -3.46. The summed E-state index contributed by atoms with van der Waals surface area (Å²) in [5, 5.41) is 11.5. The largest absolute Gasteiger partial charge is 0.287 e. The molecule has 37 heavy (non-hydrogen) atoms. The number of benzene rings is 2. The fraction of sp³-hybridized carbons (Fsp3) is 0.136. The molecule has 0 bridgehead atoms. The number of anilines is 1. The van der Waals surface area contributed by atoms with Crippen LogP contribution in [0.1, 0.15) is 29.4 Å². The summed E-state index contributed by atoms with van der Waals surface area (Å²) in [5.41, 5.74) is -1.16. The maximum Gasteiger partial charge on any atom is 0.238 e. The number of halogens is 3. The lowest BCUT2D eigenvalue weighted by Gasteiger charge is -2.11. The van der Waals surface area contributed by atoms with Gasteiger partial charge >= 0.3 is 0 Å². The minimum atomic E-state index is -4.00. The lowest BCUT2D eigenvalue weighted by molar-refractivity contribution is 0.102. The molecule has 194 valence electrons. The third kappa shape index (κ3) is 5.32. The maximum atomic E-state index is 15.2. The molecule has 4 rings (SSSR count). The number of aromatic amines is 1. The molecule has 0 spiro atoms. The van der Waals surface area contributed by atoms with Crippen molar-refractivity contribution in [2.24, 2.45) is 5.14 Å². The topological polar surface area (TPSA) is 165 Å². The number of nitrogens with two attached hydrogens (primary N) is 1. The van der Waals surface area contributed by atoms with Crippen LogP contribution in [0.25, 0.3) is 22.2 Å². The number of primary sulfonamides is 1. The third-order valence-electron chi connectivity index (χ3n) is 5.27. The number of nitrogens with zero attached hydrogens (tertiary/aromatic N) is 2. The Morgan fingerprint density at radius 1 is 1.14 bits per heavy atom. The zero-order chi connectivity index (χ0) is 27.1. The summed E-state index contributed by atoms with van der Waals surface area (Å²) in [6, 6.07) is 6.85. The Morgan fingerprint density at radius 2 is 1.86 bits per heavy atom. The van der Waals surface area contributed by atoms with E-state index < -0.39 is 48.7 Å². The predicted molar refractivity (Wildman–Crippen MR) is 133 cm³/mol. The van der Waals surface area contributed by atoms with Crippen LogP contribution in [-0.4, -0.2) is 43.6 Å². The molecule has 2 aromatic heterocycles. The molecule has 0 unspecified atom stereocenters. The number of carbonyl (C=O) groups is 1. The van der Waals surface area contributed by atoms with Crippen molar-refractivity contribution in [3.63, 3.8) is 0 Å². The van der Waals surface area contributed by atoms with Crippen LogP contribution in [0.5, 0.6) is 0 Å². The lowest BCUT2D eigenvalue weighted by atomic mass is 10.0. The van der Waals surface area contributed by atoms with E-state index in [9.17, 15) is 26.0 Å². The van der Waals surface area contributed by atoms with Gasteiger partial charge in [0.2, 0.25) is 25.8 Å². The highest BCUT2D eigenvalue weighted by atomic mass is 35.5. The summed E-state index contributed by atoms with van der Waals surface area (Å²) in [5.74, 6) is -4.04. The van der Waals surface area contributed by atoms with Crippen molar-refractivity contribution in [2.45, 2.75) is 18.2 Å². The van der Waals surface area contributed by atoms with Gasteiger partial charge in [0.05, 0.1) is 27.3 Å². The fourth-order valence-electron chi connectivity index (χ4n) is 3.58. The molecule has 0 aliphatic heterocycles. The van der Waals surface area contributed by atoms with E-state index in [1.54, 1.807) is 6.92 Å². The molecular formula is C22H18ClF2N5O5S2. The first kappa shape index (κ1) is 26.6. The summed E-state index contributed by atoms with van der Waals surface area (Å²) in [6.45, 7) is 1.61. The van der Waals surface area contributed by atoms with Gasteiger partial charge in [0.25, 0.3) is 0 Å². The molecule has 4 N–H and O–H groups in total. The highest BCUT2D eigenvalue weighted by molar-refractivity contribution is 7.92. The number of aromatic nitrogens is 3. The van der Waals surface area contributed by atoms with E-state index in [4.69, 9.17) is 16.7 Å². The monoisotopic (exact) mass is 569 g/mol. The molecule has 15 heteroatoms. The zero-order valence-corrected chi connectivity index (χ0v) is 21.3.